The molecule has 0 aromatic heterocycles. The smallest absolute Gasteiger partial charge is 0.161 e. The molecular formula is C15H14BrFN2S. The second kappa shape index (κ2) is 6.33. The summed E-state index contributed by atoms with van der Waals surface area (Å²) < 4.78 is 14.7. The number of anilines is 1. The summed E-state index contributed by atoms with van der Waals surface area (Å²) in [6.45, 7) is 0.622. The highest BCUT2D eigenvalue weighted by Crippen LogP contribution is 2.29. The van der Waals surface area contributed by atoms with E-state index in [1.807, 2.05) is 42.3 Å². The normalized spacial score (nSPS) is 10.3. The molecule has 5 heteroatoms. The standard InChI is InChI=1S/C15H14BrFN2S/c1-19(9-10-5-3-2-4-6-10)12-8-7-11(15(18)20)13(16)14(12)17/h2-8H,9H2,1H3,(H2,18,20). The van der Waals surface area contributed by atoms with Gasteiger partial charge in [-0.1, -0.05) is 42.5 Å². The molecule has 0 spiro atoms. The molecule has 0 bridgehead atoms. The van der Waals surface area contributed by atoms with E-state index < -0.39 is 0 Å². The molecule has 0 aliphatic heterocycles. The van der Waals surface area contributed by atoms with Crippen molar-refractivity contribution < 1.29 is 4.39 Å². The van der Waals surface area contributed by atoms with Crippen LogP contribution >= 0.6 is 28.1 Å². The van der Waals surface area contributed by atoms with Gasteiger partial charge in [0.25, 0.3) is 0 Å². The van der Waals surface area contributed by atoms with Crippen LogP contribution in [0.3, 0.4) is 0 Å². The average Bonchev–Trinajstić information content (AvgIpc) is 2.42. The fourth-order valence-corrected chi connectivity index (χ4v) is 2.82. The van der Waals surface area contributed by atoms with Crippen molar-refractivity contribution in [2.75, 3.05) is 11.9 Å². The summed E-state index contributed by atoms with van der Waals surface area (Å²) in [7, 11) is 1.85. The minimum absolute atomic E-state index is 0.174. The van der Waals surface area contributed by atoms with Gasteiger partial charge in [-0.05, 0) is 33.6 Å². The van der Waals surface area contributed by atoms with Crippen LogP contribution in [0.4, 0.5) is 10.1 Å². The van der Waals surface area contributed by atoms with Crippen LogP contribution in [0, 0.1) is 5.82 Å². The number of halogens is 2. The molecule has 2 rings (SSSR count). The molecule has 104 valence electrons. The number of nitrogens with zero attached hydrogens (tertiary/aromatic N) is 1. The highest BCUT2D eigenvalue weighted by atomic mass is 79.9. The van der Waals surface area contributed by atoms with Crippen molar-refractivity contribution in [3.63, 3.8) is 0 Å². The maximum atomic E-state index is 14.4. The van der Waals surface area contributed by atoms with Crippen LogP contribution in [0.15, 0.2) is 46.9 Å². The lowest BCUT2D eigenvalue weighted by atomic mass is 10.1. The summed E-state index contributed by atoms with van der Waals surface area (Å²) in [4.78, 5) is 2.02. The Bertz CT molecular complexity index is 631. The van der Waals surface area contributed by atoms with E-state index in [1.165, 1.54) is 0 Å². The second-order valence-electron chi connectivity index (χ2n) is 4.47. The van der Waals surface area contributed by atoms with Crippen LogP contribution in [0.1, 0.15) is 11.1 Å². The van der Waals surface area contributed by atoms with Crippen LogP contribution in [-0.4, -0.2) is 12.0 Å². The van der Waals surface area contributed by atoms with Gasteiger partial charge in [0.15, 0.2) is 5.82 Å². The molecule has 0 heterocycles. The molecule has 0 radical (unpaired) electrons. The molecule has 0 saturated carbocycles. The van der Waals surface area contributed by atoms with Crippen molar-refractivity contribution in [2.24, 2.45) is 5.73 Å². The Hall–Kier alpha value is -1.46. The first-order valence-electron chi connectivity index (χ1n) is 6.03. The first-order chi connectivity index (χ1) is 9.50. The number of nitrogens with two attached hydrogens (primary N) is 1. The summed E-state index contributed by atoms with van der Waals surface area (Å²) in [5.41, 5.74) is 7.68. The predicted octanol–water partition coefficient (Wildman–Crippen LogP) is 3.86. The SMILES string of the molecule is CN(Cc1ccccc1)c1ccc(C(N)=S)c(Br)c1F. The lowest BCUT2D eigenvalue weighted by molar-refractivity contribution is 0.615. The summed E-state index contributed by atoms with van der Waals surface area (Å²) >= 11 is 8.11. The van der Waals surface area contributed by atoms with Gasteiger partial charge in [0.05, 0.1) is 10.2 Å². The summed E-state index contributed by atoms with van der Waals surface area (Å²) in [6, 6.07) is 13.3. The maximum absolute atomic E-state index is 14.4. The molecule has 0 aliphatic carbocycles. The minimum Gasteiger partial charge on any atom is -0.389 e. The average molecular weight is 353 g/mol. The molecule has 2 nitrogen and oxygen atoms in total. The van der Waals surface area contributed by atoms with Gasteiger partial charge in [-0.25, -0.2) is 4.39 Å². The van der Waals surface area contributed by atoms with Crippen LogP contribution in [0.5, 0.6) is 0 Å². The fourth-order valence-electron chi connectivity index (χ4n) is 1.97. The highest BCUT2D eigenvalue weighted by molar-refractivity contribution is 9.10. The lowest BCUT2D eigenvalue weighted by Crippen LogP contribution is -2.19. The zero-order valence-electron chi connectivity index (χ0n) is 10.9. The molecule has 2 aromatic rings. The molecule has 20 heavy (non-hydrogen) atoms. The Morgan fingerprint density at radius 1 is 1.25 bits per heavy atom. The van der Waals surface area contributed by atoms with E-state index in [0.29, 0.717) is 22.3 Å². The number of hydrogen-bond donors (Lipinski definition) is 1. The third-order valence-corrected chi connectivity index (χ3v) is 4.00. The first kappa shape index (κ1) is 14.9. The molecule has 0 amide bonds. The van der Waals surface area contributed by atoms with E-state index in [4.69, 9.17) is 18.0 Å². The minimum atomic E-state index is -0.353. The number of benzene rings is 2. The molecule has 0 unspecified atom stereocenters. The van der Waals surface area contributed by atoms with Gasteiger partial charge in [0.2, 0.25) is 0 Å². The zero-order chi connectivity index (χ0) is 14.7. The largest absolute Gasteiger partial charge is 0.389 e. The zero-order valence-corrected chi connectivity index (χ0v) is 13.3. The van der Waals surface area contributed by atoms with Gasteiger partial charge < -0.3 is 10.6 Å². The van der Waals surface area contributed by atoms with E-state index >= 15 is 0 Å². The van der Waals surface area contributed by atoms with E-state index in [2.05, 4.69) is 15.9 Å². The van der Waals surface area contributed by atoms with E-state index in [0.717, 1.165) is 5.56 Å². The second-order valence-corrected chi connectivity index (χ2v) is 5.70. The Kier molecular flexibility index (Phi) is 4.73. The third-order valence-electron chi connectivity index (χ3n) is 3.00. The van der Waals surface area contributed by atoms with Gasteiger partial charge in [-0.15, -0.1) is 0 Å². The van der Waals surface area contributed by atoms with Crippen LogP contribution in [0.2, 0.25) is 0 Å². The first-order valence-corrected chi connectivity index (χ1v) is 7.23. The summed E-state index contributed by atoms with van der Waals surface area (Å²) in [5.74, 6) is -0.353. The Labute approximate surface area is 131 Å². The van der Waals surface area contributed by atoms with Crippen molar-refractivity contribution in [3.8, 4) is 0 Å². The van der Waals surface area contributed by atoms with E-state index in [-0.39, 0.29) is 10.8 Å². The van der Waals surface area contributed by atoms with Crippen LogP contribution in [0.25, 0.3) is 0 Å². The quantitative estimate of drug-likeness (QED) is 0.847. The van der Waals surface area contributed by atoms with Crippen molar-refractivity contribution >= 4 is 38.8 Å². The van der Waals surface area contributed by atoms with Gasteiger partial charge in [0, 0.05) is 19.2 Å². The van der Waals surface area contributed by atoms with Crippen molar-refractivity contribution in [1.82, 2.24) is 0 Å². The molecular weight excluding hydrogens is 339 g/mol. The summed E-state index contributed by atoms with van der Waals surface area (Å²) in [6.07, 6.45) is 0. The number of thiocarbonyl (C=S) groups is 1. The van der Waals surface area contributed by atoms with E-state index in [9.17, 15) is 4.39 Å². The van der Waals surface area contributed by atoms with Gasteiger partial charge >= 0.3 is 0 Å². The monoisotopic (exact) mass is 352 g/mol. The third kappa shape index (κ3) is 3.16. The van der Waals surface area contributed by atoms with Crippen LogP contribution < -0.4 is 10.6 Å². The highest BCUT2D eigenvalue weighted by Gasteiger charge is 2.15. The fraction of sp³-hybridized carbons (Fsp3) is 0.133. The van der Waals surface area contributed by atoms with Gasteiger partial charge in [-0.3, -0.25) is 0 Å². The van der Waals surface area contributed by atoms with Crippen molar-refractivity contribution in [3.05, 3.63) is 63.9 Å². The molecule has 0 fully saturated rings. The molecule has 2 N–H and O–H groups in total. The summed E-state index contributed by atoms with van der Waals surface area (Å²) in [5, 5.41) is 0. The number of rotatable bonds is 4. The molecule has 0 atom stereocenters. The van der Waals surface area contributed by atoms with Gasteiger partial charge in [0.1, 0.15) is 4.99 Å². The Morgan fingerprint density at radius 2 is 1.90 bits per heavy atom. The molecule has 2 aromatic carbocycles. The van der Waals surface area contributed by atoms with Crippen molar-refractivity contribution in [2.45, 2.75) is 6.54 Å². The van der Waals surface area contributed by atoms with Gasteiger partial charge in [-0.2, -0.15) is 0 Å². The maximum Gasteiger partial charge on any atom is 0.161 e. The van der Waals surface area contributed by atoms with E-state index in [1.54, 1.807) is 12.1 Å². The molecule has 0 saturated heterocycles. The molecule has 0 aliphatic rings. The lowest BCUT2D eigenvalue weighted by Gasteiger charge is -2.21. The topological polar surface area (TPSA) is 29.3 Å². The number of hydrogen-bond acceptors (Lipinski definition) is 2. The predicted molar refractivity (Wildman–Crippen MR) is 88.5 cm³/mol. The Morgan fingerprint density at radius 3 is 2.50 bits per heavy atom. The van der Waals surface area contributed by atoms with Crippen LogP contribution in [-0.2, 0) is 6.54 Å². The van der Waals surface area contributed by atoms with Crippen molar-refractivity contribution in [1.29, 1.82) is 0 Å². The Balaban J connectivity index is 2.29.